The summed E-state index contributed by atoms with van der Waals surface area (Å²) in [5, 5.41) is 20.1. The van der Waals surface area contributed by atoms with E-state index in [-0.39, 0.29) is 31.7 Å². The first-order valence-corrected chi connectivity index (χ1v) is 17.5. The number of pyridine rings is 1. The van der Waals surface area contributed by atoms with Crippen LogP contribution in [0.25, 0.3) is 28.4 Å². The van der Waals surface area contributed by atoms with E-state index in [0.29, 0.717) is 29.1 Å². The smallest absolute Gasteiger partial charge is 0.198 e. The number of rotatable bonds is 10. The molecule has 0 spiro atoms. The van der Waals surface area contributed by atoms with Gasteiger partial charge in [0, 0.05) is 32.4 Å². The molecule has 0 unspecified atom stereocenters. The zero-order chi connectivity index (χ0) is 28.7. The normalized spacial score (nSPS) is 23.4. The third kappa shape index (κ3) is 6.64. The monoisotopic (exact) mass is 570 g/mol. The fourth-order valence-electron chi connectivity index (χ4n) is 4.85. The molecule has 0 amide bonds. The van der Waals surface area contributed by atoms with Gasteiger partial charge < -0.3 is 29.2 Å². The molecule has 1 aromatic carbocycles. The highest BCUT2D eigenvalue weighted by Gasteiger charge is 2.48. The van der Waals surface area contributed by atoms with Crippen LogP contribution in [0.2, 0.25) is 25.7 Å². The van der Waals surface area contributed by atoms with Gasteiger partial charge in [0.05, 0.1) is 29.8 Å². The summed E-state index contributed by atoms with van der Waals surface area (Å²) in [7, 11) is -1.28. The zero-order valence-electron chi connectivity index (χ0n) is 23.8. The second kappa shape index (κ2) is 11.3. The topological polar surface area (TPSA) is 95.2 Å². The van der Waals surface area contributed by atoms with Gasteiger partial charge in [-0.15, -0.1) is 0 Å². The van der Waals surface area contributed by atoms with Crippen LogP contribution in [0.5, 0.6) is 5.88 Å². The van der Waals surface area contributed by atoms with Crippen molar-refractivity contribution in [3.05, 3.63) is 53.9 Å². The van der Waals surface area contributed by atoms with Crippen LogP contribution in [0.4, 0.5) is 4.39 Å². The largest absolute Gasteiger partial charge is 0.470 e. The first-order chi connectivity index (χ1) is 18.9. The minimum absolute atomic E-state index is 0.192. The lowest BCUT2D eigenvalue weighted by Crippen LogP contribution is -2.35. The maximum Gasteiger partial charge on any atom is 0.198 e. The minimum atomic E-state index is -1.28. The van der Waals surface area contributed by atoms with E-state index in [1.54, 1.807) is 30.6 Å². The summed E-state index contributed by atoms with van der Waals surface area (Å²) in [5.74, 6) is 0.0326. The van der Waals surface area contributed by atoms with Gasteiger partial charge in [-0.25, -0.2) is 9.37 Å². The first-order valence-electron chi connectivity index (χ1n) is 13.8. The molecule has 4 atom stereocenters. The molecular formula is C30H39FN2O6Si. The second-order valence-electron chi connectivity index (χ2n) is 12.4. The molecule has 2 aliphatic rings. The van der Waals surface area contributed by atoms with E-state index in [1.807, 2.05) is 30.3 Å². The standard InChI is InChI=1S/C30H39FN2O6Si/c1-30(2,35)11-10-19-6-8-20(9-7-19)27-21(31)14-23-22(32-27)15-26(33(23)18-36-12-13-40(3,4)5)39-25-17-38-28-24(34)16-37-29(25)28/h6-11,14-15,24-25,28-29,34-35H,12-13,16-18H2,1-5H3/b11-10+/t24-,25-,28-,29-/m1/s1. The van der Waals surface area contributed by atoms with Gasteiger partial charge in [-0.1, -0.05) is 56.1 Å². The van der Waals surface area contributed by atoms with E-state index in [0.717, 1.165) is 11.6 Å². The molecule has 2 aliphatic heterocycles. The number of hydrogen-bond donors (Lipinski definition) is 2. The number of aromatic nitrogens is 2. The molecule has 40 heavy (non-hydrogen) atoms. The van der Waals surface area contributed by atoms with Crippen LogP contribution in [0.15, 0.2) is 42.5 Å². The van der Waals surface area contributed by atoms with Crippen molar-refractivity contribution in [1.82, 2.24) is 9.55 Å². The van der Waals surface area contributed by atoms with Crippen molar-refractivity contribution in [3.8, 4) is 17.1 Å². The van der Waals surface area contributed by atoms with Crippen molar-refractivity contribution >= 4 is 25.2 Å². The van der Waals surface area contributed by atoms with Crippen molar-refractivity contribution in [2.75, 3.05) is 19.8 Å². The van der Waals surface area contributed by atoms with Gasteiger partial charge in [-0.3, -0.25) is 4.57 Å². The predicted molar refractivity (Wildman–Crippen MR) is 154 cm³/mol. The predicted octanol–water partition coefficient (Wildman–Crippen LogP) is 4.84. The molecule has 4 heterocycles. The number of ether oxygens (including phenoxy) is 4. The summed E-state index contributed by atoms with van der Waals surface area (Å²) in [6.45, 7) is 11.6. The van der Waals surface area contributed by atoms with Gasteiger partial charge in [-0.2, -0.15) is 0 Å². The van der Waals surface area contributed by atoms with Crippen molar-refractivity contribution in [3.63, 3.8) is 0 Å². The summed E-state index contributed by atoms with van der Waals surface area (Å²) in [5.41, 5.74) is 1.99. The Morgan fingerprint density at radius 1 is 1.12 bits per heavy atom. The quantitative estimate of drug-likeness (QED) is 0.266. The molecule has 0 aliphatic carbocycles. The Morgan fingerprint density at radius 3 is 2.55 bits per heavy atom. The summed E-state index contributed by atoms with van der Waals surface area (Å²) in [4.78, 5) is 4.68. The molecule has 5 rings (SSSR count). The SMILES string of the molecule is CC(C)(O)/C=C/c1ccc(-c2nc3cc(O[C@@H]4CO[C@H]5[C@@H]4OC[C@H]5O)n(COCC[Si](C)(C)C)c3cc2F)cc1. The minimum Gasteiger partial charge on any atom is -0.470 e. The van der Waals surface area contributed by atoms with Crippen LogP contribution in [0.1, 0.15) is 19.4 Å². The molecule has 2 fully saturated rings. The Bertz CT molecular complexity index is 1360. The van der Waals surface area contributed by atoms with Crippen LogP contribution in [0, 0.1) is 5.82 Å². The van der Waals surface area contributed by atoms with E-state index >= 15 is 4.39 Å². The molecule has 0 saturated carbocycles. The molecule has 2 aromatic heterocycles. The lowest BCUT2D eigenvalue weighted by Gasteiger charge is -2.20. The van der Waals surface area contributed by atoms with Gasteiger partial charge in [0.15, 0.2) is 17.8 Å². The maximum absolute atomic E-state index is 15.5. The maximum atomic E-state index is 15.5. The van der Waals surface area contributed by atoms with Crippen molar-refractivity contribution in [2.45, 2.75) is 76.3 Å². The molecule has 2 saturated heterocycles. The van der Waals surface area contributed by atoms with Gasteiger partial charge in [0.2, 0.25) is 0 Å². The van der Waals surface area contributed by atoms with Gasteiger partial charge in [0.25, 0.3) is 0 Å². The number of benzene rings is 1. The first kappa shape index (κ1) is 28.9. The van der Waals surface area contributed by atoms with Crippen molar-refractivity contribution < 1.29 is 33.6 Å². The van der Waals surface area contributed by atoms with Gasteiger partial charge >= 0.3 is 0 Å². The number of fused-ring (bicyclic) bond motifs is 2. The van der Waals surface area contributed by atoms with Crippen LogP contribution >= 0.6 is 0 Å². The highest BCUT2D eigenvalue weighted by atomic mass is 28.3. The molecule has 8 nitrogen and oxygen atoms in total. The van der Waals surface area contributed by atoms with Crippen molar-refractivity contribution in [2.24, 2.45) is 0 Å². The Labute approximate surface area is 235 Å². The summed E-state index contributed by atoms with van der Waals surface area (Å²) in [6.07, 6.45) is 1.65. The Balaban J connectivity index is 1.43. The van der Waals surface area contributed by atoms with Crippen LogP contribution in [0.3, 0.4) is 0 Å². The molecule has 0 radical (unpaired) electrons. The average Bonchev–Trinajstić information content (AvgIpc) is 3.55. The van der Waals surface area contributed by atoms with E-state index in [4.69, 9.17) is 18.9 Å². The summed E-state index contributed by atoms with van der Waals surface area (Å²) >= 11 is 0. The highest BCUT2D eigenvalue weighted by molar-refractivity contribution is 6.76. The molecule has 216 valence electrons. The van der Waals surface area contributed by atoms with Gasteiger partial charge in [-0.05, 0) is 25.5 Å². The Kier molecular flexibility index (Phi) is 8.20. The third-order valence-corrected chi connectivity index (χ3v) is 8.84. The summed E-state index contributed by atoms with van der Waals surface area (Å²) in [6, 6.07) is 11.6. The van der Waals surface area contributed by atoms with E-state index < -0.39 is 37.8 Å². The average molecular weight is 571 g/mol. The van der Waals surface area contributed by atoms with E-state index in [1.165, 1.54) is 6.07 Å². The number of aliphatic hydroxyl groups is 2. The Morgan fingerprint density at radius 2 is 1.85 bits per heavy atom. The van der Waals surface area contributed by atoms with Crippen LogP contribution < -0.4 is 4.74 Å². The number of aliphatic hydroxyl groups excluding tert-OH is 1. The number of nitrogens with zero attached hydrogens (tertiary/aromatic N) is 2. The Hall–Kier alpha value is -2.60. The fraction of sp³-hybridized carbons (Fsp3) is 0.500. The summed E-state index contributed by atoms with van der Waals surface area (Å²) < 4.78 is 41.1. The lowest BCUT2D eigenvalue weighted by molar-refractivity contribution is 0.00479. The van der Waals surface area contributed by atoms with Crippen LogP contribution in [-0.2, 0) is 20.9 Å². The number of hydrogen-bond acceptors (Lipinski definition) is 7. The number of halogens is 1. The van der Waals surface area contributed by atoms with Crippen LogP contribution in [-0.4, -0.2) is 77.7 Å². The molecule has 0 bridgehead atoms. The fourth-order valence-corrected chi connectivity index (χ4v) is 5.61. The molecular weight excluding hydrogens is 531 g/mol. The zero-order valence-corrected chi connectivity index (χ0v) is 24.8. The van der Waals surface area contributed by atoms with E-state index in [9.17, 15) is 10.2 Å². The second-order valence-corrected chi connectivity index (χ2v) is 18.0. The molecule has 3 aromatic rings. The lowest BCUT2D eigenvalue weighted by atomic mass is 10.0. The molecule has 10 heteroatoms. The molecule has 2 N–H and O–H groups in total. The highest BCUT2D eigenvalue weighted by Crippen LogP contribution is 2.34. The van der Waals surface area contributed by atoms with Gasteiger partial charge in [0.1, 0.15) is 30.7 Å². The van der Waals surface area contributed by atoms with Crippen molar-refractivity contribution in [1.29, 1.82) is 0 Å². The third-order valence-electron chi connectivity index (χ3n) is 7.14. The van der Waals surface area contributed by atoms with E-state index in [2.05, 4.69) is 24.6 Å².